The first-order valence-corrected chi connectivity index (χ1v) is 4.17. The molecule has 72 valence electrons. The molecule has 0 aromatic rings. The average molecular weight is 174 g/mol. The molecule has 0 spiro atoms. The van der Waals surface area contributed by atoms with Gasteiger partial charge in [-0.15, -0.1) is 0 Å². The second-order valence-electron chi connectivity index (χ2n) is 3.05. The Morgan fingerprint density at radius 1 is 1.50 bits per heavy atom. The fourth-order valence-corrected chi connectivity index (χ4v) is 0.830. The molecule has 0 aromatic heterocycles. The summed E-state index contributed by atoms with van der Waals surface area (Å²) in [6.45, 7) is 4.25. The summed E-state index contributed by atoms with van der Waals surface area (Å²) in [7, 11) is 1.80. The third-order valence-corrected chi connectivity index (χ3v) is 1.62. The maximum atomic E-state index is 11.2. The summed E-state index contributed by atoms with van der Waals surface area (Å²) in [5.41, 5.74) is 0. The lowest BCUT2D eigenvalue weighted by atomic mass is 10.1. The summed E-state index contributed by atoms with van der Waals surface area (Å²) >= 11 is 0. The fraction of sp³-hybridized carbons (Fsp3) is 0.875. The van der Waals surface area contributed by atoms with Crippen LogP contribution in [0.1, 0.15) is 13.8 Å². The third-order valence-electron chi connectivity index (χ3n) is 1.62. The van der Waals surface area contributed by atoms with Gasteiger partial charge in [0, 0.05) is 18.5 Å². The molecule has 2 atom stereocenters. The van der Waals surface area contributed by atoms with Crippen molar-refractivity contribution in [2.45, 2.75) is 19.9 Å². The predicted octanol–water partition coefficient (Wildman–Crippen LogP) is -0.661. The van der Waals surface area contributed by atoms with E-state index in [2.05, 4.69) is 10.6 Å². The highest BCUT2D eigenvalue weighted by Crippen LogP contribution is 1.93. The molecule has 0 aliphatic heterocycles. The van der Waals surface area contributed by atoms with Crippen molar-refractivity contribution in [3.05, 3.63) is 0 Å². The number of nitrogens with one attached hydrogen (secondary N) is 2. The van der Waals surface area contributed by atoms with Crippen LogP contribution in [0.4, 0.5) is 0 Å². The number of aliphatic hydroxyl groups is 1. The second-order valence-corrected chi connectivity index (χ2v) is 3.05. The molecule has 1 amide bonds. The SMILES string of the molecule is CNCC(C)C(=O)N[C@H](C)CO. The van der Waals surface area contributed by atoms with E-state index in [0.29, 0.717) is 6.54 Å². The van der Waals surface area contributed by atoms with Gasteiger partial charge in [-0.1, -0.05) is 6.92 Å². The quantitative estimate of drug-likeness (QED) is 0.518. The highest BCUT2D eigenvalue weighted by Gasteiger charge is 2.13. The van der Waals surface area contributed by atoms with Crippen LogP contribution in [0.5, 0.6) is 0 Å². The Hall–Kier alpha value is -0.610. The molecule has 0 rings (SSSR count). The number of amides is 1. The molecular formula is C8H18N2O2. The van der Waals surface area contributed by atoms with Gasteiger partial charge in [-0.25, -0.2) is 0 Å². The Kier molecular flexibility index (Phi) is 5.66. The van der Waals surface area contributed by atoms with Crippen molar-refractivity contribution in [3.8, 4) is 0 Å². The molecule has 0 aliphatic rings. The van der Waals surface area contributed by atoms with E-state index in [4.69, 9.17) is 5.11 Å². The van der Waals surface area contributed by atoms with E-state index in [1.807, 2.05) is 6.92 Å². The van der Waals surface area contributed by atoms with Crippen LogP contribution in [0.2, 0.25) is 0 Å². The Morgan fingerprint density at radius 3 is 2.50 bits per heavy atom. The minimum atomic E-state index is -0.156. The van der Waals surface area contributed by atoms with Gasteiger partial charge < -0.3 is 15.7 Å². The zero-order valence-corrected chi connectivity index (χ0v) is 7.92. The van der Waals surface area contributed by atoms with Crippen molar-refractivity contribution < 1.29 is 9.90 Å². The minimum absolute atomic E-state index is 0.0159. The van der Waals surface area contributed by atoms with Gasteiger partial charge in [0.1, 0.15) is 0 Å². The lowest BCUT2D eigenvalue weighted by molar-refractivity contribution is -0.125. The van der Waals surface area contributed by atoms with E-state index < -0.39 is 0 Å². The van der Waals surface area contributed by atoms with Gasteiger partial charge in [-0.2, -0.15) is 0 Å². The van der Waals surface area contributed by atoms with Crippen molar-refractivity contribution in [2.75, 3.05) is 20.2 Å². The van der Waals surface area contributed by atoms with Gasteiger partial charge in [0.2, 0.25) is 5.91 Å². The van der Waals surface area contributed by atoms with Gasteiger partial charge in [-0.3, -0.25) is 4.79 Å². The Bertz CT molecular complexity index is 139. The van der Waals surface area contributed by atoms with Crippen LogP contribution in [0.3, 0.4) is 0 Å². The van der Waals surface area contributed by atoms with Crippen LogP contribution >= 0.6 is 0 Å². The molecule has 0 saturated heterocycles. The summed E-state index contributed by atoms with van der Waals surface area (Å²) in [4.78, 5) is 11.2. The number of carbonyl (C=O) groups excluding carboxylic acids is 1. The molecule has 3 N–H and O–H groups in total. The van der Waals surface area contributed by atoms with Crippen LogP contribution in [0.25, 0.3) is 0 Å². The lowest BCUT2D eigenvalue weighted by Crippen LogP contribution is -2.40. The molecule has 12 heavy (non-hydrogen) atoms. The van der Waals surface area contributed by atoms with E-state index >= 15 is 0 Å². The lowest BCUT2D eigenvalue weighted by Gasteiger charge is -2.15. The van der Waals surface area contributed by atoms with Gasteiger partial charge in [0.05, 0.1) is 6.61 Å². The van der Waals surface area contributed by atoms with Gasteiger partial charge in [0.25, 0.3) is 0 Å². The van der Waals surface area contributed by atoms with Gasteiger partial charge in [-0.05, 0) is 14.0 Å². The van der Waals surface area contributed by atoms with Crippen molar-refractivity contribution in [2.24, 2.45) is 5.92 Å². The first-order chi connectivity index (χ1) is 5.61. The number of carbonyl (C=O) groups is 1. The predicted molar refractivity (Wildman–Crippen MR) is 47.8 cm³/mol. The molecule has 0 bridgehead atoms. The molecule has 4 nitrogen and oxygen atoms in total. The first-order valence-electron chi connectivity index (χ1n) is 4.17. The third kappa shape index (κ3) is 4.31. The monoisotopic (exact) mass is 174 g/mol. The van der Waals surface area contributed by atoms with Crippen LogP contribution < -0.4 is 10.6 Å². The minimum Gasteiger partial charge on any atom is -0.394 e. The molecule has 0 aliphatic carbocycles. The molecule has 1 unspecified atom stereocenters. The topological polar surface area (TPSA) is 61.4 Å². The van der Waals surface area contributed by atoms with Crippen molar-refractivity contribution >= 4 is 5.91 Å². The van der Waals surface area contributed by atoms with Crippen LogP contribution in [0.15, 0.2) is 0 Å². The van der Waals surface area contributed by atoms with E-state index in [0.717, 1.165) is 0 Å². The van der Waals surface area contributed by atoms with Crippen molar-refractivity contribution in [3.63, 3.8) is 0 Å². The summed E-state index contributed by atoms with van der Waals surface area (Å²) in [6.07, 6.45) is 0. The van der Waals surface area contributed by atoms with E-state index in [9.17, 15) is 4.79 Å². The molecule has 0 saturated carbocycles. The maximum Gasteiger partial charge on any atom is 0.224 e. The highest BCUT2D eigenvalue weighted by atomic mass is 16.3. The second kappa shape index (κ2) is 5.97. The first kappa shape index (κ1) is 11.4. The molecule has 4 heteroatoms. The number of hydrogen-bond acceptors (Lipinski definition) is 3. The zero-order valence-electron chi connectivity index (χ0n) is 7.92. The van der Waals surface area contributed by atoms with Gasteiger partial charge in [0.15, 0.2) is 0 Å². The van der Waals surface area contributed by atoms with E-state index in [1.54, 1.807) is 14.0 Å². The molecule has 0 radical (unpaired) electrons. The highest BCUT2D eigenvalue weighted by molar-refractivity contribution is 5.78. The van der Waals surface area contributed by atoms with Crippen molar-refractivity contribution in [1.29, 1.82) is 0 Å². The van der Waals surface area contributed by atoms with E-state index in [1.165, 1.54) is 0 Å². The van der Waals surface area contributed by atoms with Crippen molar-refractivity contribution in [1.82, 2.24) is 10.6 Å². The zero-order chi connectivity index (χ0) is 9.56. The molecule has 0 aromatic carbocycles. The summed E-state index contributed by atoms with van der Waals surface area (Å²) in [5, 5.41) is 14.3. The largest absolute Gasteiger partial charge is 0.394 e. The number of rotatable bonds is 5. The summed E-state index contributed by atoms with van der Waals surface area (Å²) < 4.78 is 0. The fourth-order valence-electron chi connectivity index (χ4n) is 0.830. The average Bonchev–Trinajstić information content (AvgIpc) is 2.04. The van der Waals surface area contributed by atoms with E-state index in [-0.39, 0.29) is 24.5 Å². The summed E-state index contributed by atoms with van der Waals surface area (Å²) in [6, 6.07) is -0.156. The number of aliphatic hydroxyl groups excluding tert-OH is 1. The Morgan fingerprint density at radius 2 is 2.08 bits per heavy atom. The molecule has 0 heterocycles. The molecule has 0 fully saturated rings. The van der Waals surface area contributed by atoms with Crippen LogP contribution in [-0.2, 0) is 4.79 Å². The molecular weight excluding hydrogens is 156 g/mol. The normalized spacial score (nSPS) is 15.3. The summed E-state index contributed by atoms with van der Waals surface area (Å²) in [5.74, 6) is -0.0742. The smallest absolute Gasteiger partial charge is 0.224 e. The van der Waals surface area contributed by atoms with Crippen LogP contribution in [0, 0.1) is 5.92 Å². The Labute approximate surface area is 73.3 Å². The van der Waals surface area contributed by atoms with Gasteiger partial charge >= 0.3 is 0 Å². The standard InChI is InChI=1S/C8H18N2O2/c1-6(4-9-3)8(12)10-7(2)5-11/h6-7,9,11H,4-5H2,1-3H3,(H,10,12)/t6?,7-/m1/s1. The van der Waals surface area contributed by atoms with Crippen LogP contribution in [-0.4, -0.2) is 37.3 Å². The maximum absolute atomic E-state index is 11.2. The number of hydrogen-bond donors (Lipinski definition) is 3. The Balaban J connectivity index is 3.70.